The predicted molar refractivity (Wildman–Crippen MR) is 93.7 cm³/mol. The Bertz CT molecular complexity index is 928. The third-order valence-corrected chi connectivity index (χ3v) is 5.40. The highest BCUT2D eigenvalue weighted by Gasteiger charge is 2.32. The van der Waals surface area contributed by atoms with Crippen molar-refractivity contribution in [3.63, 3.8) is 0 Å². The fraction of sp³-hybridized carbons (Fsp3) is 0.333. The van der Waals surface area contributed by atoms with Gasteiger partial charge in [-0.2, -0.15) is 0 Å². The molecule has 6 heteroatoms. The molecule has 0 fully saturated rings. The van der Waals surface area contributed by atoms with Crippen LogP contribution in [0, 0.1) is 13.8 Å². The first kappa shape index (κ1) is 15.2. The summed E-state index contributed by atoms with van der Waals surface area (Å²) in [6.45, 7) is 5.03. The summed E-state index contributed by atoms with van der Waals surface area (Å²) < 4.78 is 7.75. The third kappa shape index (κ3) is 2.38. The first-order valence-electron chi connectivity index (χ1n) is 7.95. The van der Waals surface area contributed by atoms with E-state index in [1.54, 1.807) is 16.2 Å². The standard InChI is InChI=1S/C18H19N3O2S/c1-11-8-21-15(12(2)19-18(21)24-11)9-20(3)17(22)14-10-23-16-7-5-4-6-13(14)16/h4-8,14H,9-10H2,1-3H3. The lowest BCUT2D eigenvalue weighted by molar-refractivity contribution is -0.132. The zero-order chi connectivity index (χ0) is 16.8. The van der Waals surface area contributed by atoms with Gasteiger partial charge in [-0.15, -0.1) is 11.3 Å². The van der Waals surface area contributed by atoms with Gasteiger partial charge in [-0.3, -0.25) is 9.20 Å². The summed E-state index contributed by atoms with van der Waals surface area (Å²) in [4.78, 5) is 21.5. The van der Waals surface area contributed by atoms with E-state index in [4.69, 9.17) is 4.74 Å². The molecule has 0 saturated carbocycles. The molecular formula is C18H19N3O2S. The van der Waals surface area contributed by atoms with Crippen molar-refractivity contribution in [1.29, 1.82) is 0 Å². The van der Waals surface area contributed by atoms with Crippen LogP contribution in [0.5, 0.6) is 5.75 Å². The molecule has 1 unspecified atom stereocenters. The summed E-state index contributed by atoms with van der Waals surface area (Å²) >= 11 is 1.67. The number of benzene rings is 1. The number of imidazole rings is 1. The average Bonchev–Trinajstić information content (AvgIpc) is 3.21. The van der Waals surface area contributed by atoms with Gasteiger partial charge in [0, 0.05) is 23.7 Å². The highest BCUT2D eigenvalue weighted by Crippen LogP contribution is 2.34. The Morgan fingerprint density at radius 2 is 2.21 bits per heavy atom. The van der Waals surface area contributed by atoms with Crippen molar-refractivity contribution in [3.05, 3.63) is 52.3 Å². The quantitative estimate of drug-likeness (QED) is 0.735. The molecule has 1 aliphatic heterocycles. The van der Waals surface area contributed by atoms with E-state index in [0.29, 0.717) is 13.2 Å². The van der Waals surface area contributed by atoms with Gasteiger partial charge in [0.25, 0.3) is 0 Å². The van der Waals surface area contributed by atoms with Crippen molar-refractivity contribution < 1.29 is 9.53 Å². The SMILES string of the molecule is Cc1cn2c(CN(C)C(=O)C3COc4ccccc43)c(C)nc2s1. The summed E-state index contributed by atoms with van der Waals surface area (Å²) in [6, 6.07) is 7.78. The van der Waals surface area contributed by atoms with Crippen LogP contribution in [-0.4, -0.2) is 33.8 Å². The normalized spacial score (nSPS) is 16.2. The van der Waals surface area contributed by atoms with Crippen molar-refractivity contribution in [2.45, 2.75) is 26.3 Å². The van der Waals surface area contributed by atoms with Gasteiger partial charge in [0.1, 0.15) is 18.3 Å². The van der Waals surface area contributed by atoms with E-state index in [1.807, 2.05) is 38.2 Å². The number of aryl methyl sites for hydroxylation is 2. The van der Waals surface area contributed by atoms with E-state index in [0.717, 1.165) is 27.7 Å². The van der Waals surface area contributed by atoms with E-state index >= 15 is 0 Å². The Balaban J connectivity index is 1.59. The number of hydrogen-bond donors (Lipinski definition) is 0. The molecule has 0 spiro atoms. The fourth-order valence-electron chi connectivity index (χ4n) is 3.24. The Morgan fingerprint density at radius 1 is 1.42 bits per heavy atom. The number of likely N-dealkylation sites (N-methyl/N-ethyl adjacent to an activating group) is 1. The summed E-state index contributed by atoms with van der Waals surface area (Å²) in [5.41, 5.74) is 3.03. The zero-order valence-electron chi connectivity index (χ0n) is 13.9. The molecule has 0 N–H and O–H groups in total. The van der Waals surface area contributed by atoms with E-state index in [-0.39, 0.29) is 11.8 Å². The minimum absolute atomic E-state index is 0.0845. The van der Waals surface area contributed by atoms with Gasteiger partial charge in [-0.25, -0.2) is 4.98 Å². The van der Waals surface area contributed by atoms with E-state index < -0.39 is 0 Å². The Kier molecular flexibility index (Phi) is 3.57. The zero-order valence-corrected chi connectivity index (χ0v) is 14.8. The molecular weight excluding hydrogens is 322 g/mol. The van der Waals surface area contributed by atoms with E-state index in [2.05, 4.69) is 22.5 Å². The minimum Gasteiger partial charge on any atom is -0.492 e. The first-order valence-corrected chi connectivity index (χ1v) is 8.77. The molecule has 24 heavy (non-hydrogen) atoms. The van der Waals surface area contributed by atoms with Crippen LogP contribution in [0.1, 0.15) is 27.7 Å². The lowest BCUT2D eigenvalue weighted by Gasteiger charge is -2.20. The largest absolute Gasteiger partial charge is 0.492 e. The van der Waals surface area contributed by atoms with Gasteiger partial charge in [-0.05, 0) is 19.9 Å². The minimum atomic E-state index is -0.223. The van der Waals surface area contributed by atoms with Crippen LogP contribution in [-0.2, 0) is 11.3 Å². The monoisotopic (exact) mass is 341 g/mol. The molecule has 0 bridgehead atoms. The second kappa shape index (κ2) is 5.63. The van der Waals surface area contributed by atoms with Gasteiger partial charge in [0.15, 0.2) is 4.96 Å². The average molecular weight is 341 g/mol. The van der Waals surface area contributed by atoms with Gasteiger partial charge < -0.3 is 9.64 Å². The van der Waals surface area contributed by atoms with Crippen molar-refractivity contribution in [3.8, 4) is 5.75 Å². The molecule has 4 rings (SSSR count). The van der Waals surface area contributed by atoms with Crippen LogP contribution in [0.4, 0.5) is 0 Å². The molecule has 1 aliphatic rings. The predicted octanol–water partition coefficient (Wildman–Crippen LogP) is 3.15. The Labute approximate surface area is 144 Å². The number of ether oxygens (including phenoxy) is 1. The molecule has 0 aliphatic carbocycles. The molecule has 5 nitrogen and oxygen atoms in total. The van der Waals surface area contributed by atoms with Crippen molar-refractivity contribution in [2.75, 3.05) is 13.7 Å². The van der Waals surface area contributed by atoms with Crippen LogP contribution in [0.3, 0.4) is 0 Å². The first-order chi connectivity index (χ1) is 11.5. The number of rotatable bonds is 3. The fourth-order valence-corrected chi connectivity index (χ4v) is 4.13. The number of nitrogens with zero attached hydrogens (tertiary/aromatic N) is 3. The highest BCUT2D eigenvalue weighted by atomic mass is 32.1. The smallest absolute Gasteiger partial charge is 0.233 e. The molecule has 3 aromatic rings. The van der Waals surface area contributed by atoms with Crippen LogP contribution in [0.2, 0.25) is 0 Å². The van der Waals surface area contributed by atoms with Gasteiger partial charge in [0.05, 0.1) is 17.9 Å². The van der Waals surface area contributed by atoms with E-state index in [9.17, 15) is 4.79 Å². The molecule has 3 heterocycles. The third-order valence-electron chi connectivity index (χ3n) is 4.50. The van der Waals surface area contributed by atoms with Crippen molar-refractivity contribution in [2.24, 2.45) is 0 Å². The van der Waals surface area contributed by atoms with Gasteiger partial charge in [-0.1, -0.05) is 18.2 Å². The highest BCUT2D eigenvalue weighted by molar-refractivity contribution is 7.17. The number of carbonyl (C=O) groups is 1. The number of para-hydroxylation sites is 1. The maximum atomic E-state index is 12.9. The van der Waals surface area contributed by atoms with Crippen LogP contribution < -0.4 is 4.74 Å². The Hall–Kier alpha value is -2.34. The van der Waals surface area contributed by atoms with Gasteiger partial charge in [0.2, 0.25) is 5.91 Å². The summed E-state index contributed by atoms with van der Waals surface area (Å²) in [6.07, 6.45) is 2.08. The summed E-state index contributed by atoms with van der Waals surface area (Å²) in [5, 5.41) is 0. The molecule has 0 radical (unpaired) electrons. The number of aromatic nitrogens is 2. The molecule has 1 amide bonds. The second-order valence-electron chi connectivity index (χ2n) is 6.23. The number of thiazole rings is 1. The molecule has 124 valence electrons. The second-order valence-corrected chi connectivity index (χ2v) is 7.45. The van der Waals surface area contributed by atoms with Crippen LogP contribution in [0.25, 0.3) is 4.96 Å². The van der Waals surface area contributed by atoms with Crippen molar-refractivity contribution in [1.82, 2.24) is 14.3 Å². The summed E-state index contributed by atoms with van der Waals surface area (Å²) in [7, 11) is 1.85. The number of carbonyl (C=O) groups excluding carboxylic acids is 1. The number of hydrogen-bond acceptors (Lipinski definition) is 4. The Morgan fingerprint density at radius 3 is 3.04 bits per heavy atom. The summed E-state index contributed by atoms with van der Waals surface area (Å²) in [5.74, 6) is 0.681. The van der Waals surface area contributed by atoms with Crippen molar-refractivity contribution >= 4 is 22.2 Å². The van der Waals surface area contributed by atoms with Crippen LogP contribution in [0.15, 0.2) is 30.5 Å². The van der Waals surface area contributed by atoms with Crippen LogP contribution >= 0.6 is 11.3 Å². The molecule has 2 aromatic heterocycles. The topological polar surface area (TPSA) is 46.8 Å². The number of fused-ring (bicyclic) bond motifs is 2. The number of amides is 1. The molecule has 0 saturated heterocycles. The van der Waals surface area contributed by atoms with Gasteiger partial charge >= 0.3 is 0 Å². The molecule has 1 aromatic carbocycles. The lowest BCUT2D eigenvalue weighted by Crippen LogP contribution is -2.32. The molecule has 1 atom stereocenters. The van der Waals surface area contributed by atoms with E-state index in [1.165, 1.54) is 4.88 Å². The lowest BCUT2D eigenvalue weighted by atomic mass is 10.00. The maximum Gasteiger partial charge on any atom is 0.233 e. The maximum absolute atomic E-state index is 12.9.